The van der Waals surface area contributed by atoms with E-state index in [1.807, 2.05) is 0 Å². The average molecular weight is 377 g/mol. The zero-order chi connectivity index (χ0) is 11.6. The van der Waals surface area contributed by atoms with Gasteiger partial charge in [0, 0.05) is 0 Å². The predicted octanol–water partition coefficient (Wildman–Crippen LogP) is 5.58. The van der Waals surface area contributed by atoms with Crippen molar-refractivity contribution in [2.24, 2.45) is 0 Å². The Morgan fingerprint density at radius 1 is 0.588 bits per heavy atom. The van der Waals surface area contributed by atoms with Crippen LogP contribution in [0.3, 0.4) is 0 Å². The summed E-state index contributed by atoms with van der Waals surface area (Å²) in [4.78, 5) is 0. The molecule has 1 aliphatic heterocycles. The van der Waals surface area contributed by atoms with Gasteiger partial charge in [0.05, 0.1) is 0 Å². The second kappa shape index (κ2) is 6.30. The van der Waals surface area contributed by atoms with Gasteiger partial charge in [-0.2, -0.15) is 0 Å². The molecule has 0 atom stereocenters. The normalized spacial score (nSPS) is 31.8. The minimum absolute atomic E-state index is 1.26. The Bertz CT molecular complexity index is 219. The molecule has 0 bridgehead atoms. The molecule has 0 radical (unpaired) electrons. The van der Waals surface area contributed by atoms with E-state index < -0.39 is 15.6 Å². The van der Waals surface area contributed by atoms with Gasteiger partial charge < -0.3 is 0 Å². The minimum atomic E-state index is -1.85. The van der Waals surface area contributed by atoms with E-state index in [1.165, 1.54) is 19.4 Å². The van der Waals surface area contributed by atoms with Crippen molar-refractivity contribution in [1.29, 1.82) is 0 Å². The third kappa shape index (κ3) is 2.84. The monoisotopic (exact) mass is 378 g/mol. The summed E-state index contributed by atoms with van der Waals surface area (Å²) in [6, 6.07) is 0. The number of hydrogen-bond donors (Lipinski definition) is 0. The molecule has 0 aromatic carbocycles. The van der Waals surface area contributed by atoms with Crippen LogP contribution in [0.15, 0.2) is 0 Å². The van der Waals surface area contributed by atoms with E-state index in [9.17, 15) is 0 Å². The summed E-state index contributed by atoms with van der Waals surface area (Å²) in [5.41, 5.74) is 0. The first-order chi connectivity index (χ1) is 8.42. The van der Waals surface area contributed by atoms with E-state index in [0.29, 0.717) is 0 Å². The molecule has 0 unspecified atom stereocenters. The molecule has 0 amide bonds. The Labute approximate surface area is 116 Å². The molecule has 0 aromatic heterocycles. The van der Waals surface area contributed by atoms with E-state index >= 15 is 0 Å². The van der Waals surface area contributed by atoms with Gasteiger partial charge in [0.2, 0.25) is 0 Å². The zero-order valence-corrected chi connectivity index (χ0v) is 15.4. The van der Waals surface area contributed by atoms with Crippen LogP contribution in [-0.2, 0) is 0 Å². The molecular weight excluding hydrogens is 351 g/mol. The van der Waals surface area contributed by atoms with E-state index in [0.717, 1.165) is 0 Å². The van der Waals surface area contributed by atoms with E-state index in [4.69, 9.17) is 0 Å². The molecule has 2 saturated carbocycles. The molecule has 1 saturated heterocycles. The van der Waals surface area contributed by atoms with Gasteiger partial charge in [-0.25, -0.2) is 0 Å². The van der Waals surface area contributed by atoms with Crippen LogP contribution >= 0.6 is 17.9 Å². The van der Waals surface area contributed by atoms with Gasteiger partial charge in [0.1, 0.15) is 0 Å². The first kappa shape index (κ1) is 13.5. The SMILES string of the molecule is C1CC[CH]([Sn]2([CH]3CCCCC3)[S]CC[S]2)CC1. The Kier molecular flexibility index (Phi) is 4.99. The van der Waals surface area contributed by atoms with Crippen LogP contribution in [0.1, 0.15) is 64.2 Å². The molecular formula is C14H26S2Sn. The van der Waals surface area contributed by atoms with Crippen LogP contribution in [-0.4, -0.2) is 27.1 Å². The van der Waals surface area contributed by atoms with Gasteiger partial charge >= 0.3 is 117 Å². The molecule has 3 rings (SSSR count). The van der Waals surface area contributed by atoms with Crippen LogP contribution in [0.25, 0.3) is 0 Å². The summed E-state index contributed by atoms with van der Waals surface area (Å²) in [7, 11) is 5.15. The van der Waals surface area contributed by atoms with Crippen molar-refractivity contribution in [2.75, 3.05) is 11.5 Å². The van der Waals surface area contributed by atoms with Crippen molar-refractivity contribution >= 4 is 33.5 Å². The van der Waals surface area contributed by atoms with Gasteiger partial charge in [-0.05, 0) is 0 Å². The average Bonchev–Trinajstić information content (AvgIpc) is 2.91. The molecule has 3 fully saturated rings. The van der Waals surface area contributed by atoms with Crippen LogP contribution in [0, 0.1) is 0 Å². The predicted molar refractivity (Wildman–Crippen MR) is 84.3 cm³/mol. The van der Waals surface area contributed by atoms with Crippen molar-refractivity contribution in [3.63, 3.8) is 0 Å². The quantitative estimate of drug-likeness (QED) is 0.577. The summed E-state index contributed by atoms with van der Waals surface area (Å²) in [5, 5.41) is 0. The first-order valence-electron chi connectivity index (χ1n) is 7.70. The van der Waals surface area contributed by atoms with Gasteiger partial charge in [0.15, 0.2) is 0 Å². The maximum atomic E-state index is 2.58. The van der Waals surface area contributed by atoms with E-state index in [1.54, 1.807) is 64.2 Å². The summed E-state index contributed by atoms with van der Waals surface area (Å²) in [6.45, 7) is 0. The van der Waals surface area contributed by atoms with Crippen molar-refractivity contribution in [3.8, 4) is 0 Å². The molecule has 98 valence electrons. The first-order valence-corrected chi connectivity index (χ1v) is 20.0. The molecule has 1 heterocycles. The van der Waals surface area contributed by atoms with Gasteiger partial charge in [-0.1, -0.05) is 0 Å². The van der Waals surface area contributed by atoms with Crippen LogP contribution in [0.4, 0.5) is 0 Å². The van der Waals surface area contributed by atoms with Crippen LogP contribution < -0.4 is 0 Å². The summed E-state index contributed by atoms with van der Waals surface area (Å²) in [6.07, 6.45) is 15.9. The van der Waals surface area contributed by atoms with Crippen LogP contribution in [0.5, 0.6) is 0 Å². The zero-order valence-electron chi connectivity index (χ0n) is 11.0. The fourth-order valence-corrected chi connectivity index (χ4v) is 45.3. The van der Waals surface area contributed by atoms with Crippen molar-refractivity contribution in [1.82, 2.24) is 0 Å². The Balaban J connectivity index is 1.75. The number of rotatable bonds is 2. The van der Waals surface area contributed by atoms with E-state index in [-0.39, 0.29) is 0 Å². The third-order valence-corrected chi connectivity index (χ3v) is 41.8. The summed E-state index contributed by atoms with van der Waals surface area (Å²) >= 11 is -1.85. The molecule has 0 nitrogen and oxygen atoms in total. The number of hydrogen-bond acceptors (Lipinski definition) is 2. The standard InChI is InChI=1S/2C6H11.C2H6S2.Sn/c2*1-2-4-6-5-3-1;3-1-2-4;/h2*1H,2-6H2;3-4H,1-2H2;/q;;;+2/p-2. The summed E-state index contributed by atoms with van der Waals surface area (Å²) < 4.78 is 2.53. The topological polar surface area (TPSA) is 0 Å². The summed E-state index contributed by atoms with van der Waals surface area (Å²) in [5.74, 6) is 3.04. The van der Waals surface area contributed by atoms with Crippen LogP contribution in [0.2, 0.25) is 7.87 Å². The molecule has 2 aliphatic carbocycles. The second-order valence-corrected chi connectivity index (χ2v) is 32.0. The molecule has 0 spiro atoms. The van der Waals surface area contributed by atoms with Gasteiger partial charge in [-0.3, -0.25) is 0 Å². The van der Waals surface area contributed by atoms with Crippen molar-refractivity contribution < 1.29 is 0 Å². The fourth-order valence-electron chi connectivity index (χ4n) is 4.26. The Morgan fingerprint density at radius 2 is 1.00 bits per heavy atom. The fraction of sp³-hybridized carbons (Fsp3) is 1.00. The Hall–Kier alpha value is 1.50. The Morgan fingerprint density at radius 3 is 1.41 bits per heavy atom. The molecule has 3 heteroatoms. The van der Waals surface area contributed by atoms with Gasteiger partial charge in [-0.15, -0.1) is 0 Å². The maximum absolute atomic E-state index is 2.58. The molecule has 0 N–H and O–H groups in total. The second-order valence-electron chi connectivity index (χ2n) is 6.09. The molecule has 0 aromatic rings. The van der Waals surface area contributed by atoms with Crippen molar-refractivity contribution in [3.05, 3.63) is 0 Å². The molecule has 17 heavy (non-hydrogen) atoms. The molecule has 3 aliphatic rings. The van der Waals surface area contributed by atoms with E-state index in [2.05, 4.69) is 17.9 Å². The van der Waals surface area contributed by atoms with Crippen molar-refractivity contribution in [2.45, 2.75) is 72.1 Å². The van der Waals surface area contributed by atoms with Gasteiger partial charge in [0.25, 0.3) is 0 Å². The third-order valence-electron chi connectivity index (χ3n) is 5.09.